The summed E-state index contributed by atoms with van der Waals surface area (Å²) >= 11 is 1.51. The van der Waals surface area contributed by atoms with Crippen LogP contribution in [0.15, 0.2) is 11.4 Å². The van der Waals surface area contributed by atoms with Gasteiger partial charge in [-0.15, -0.1) is 11.3 Å². The molecule has 1 atom stereocenters. The van der Waals surface area contributed by atoms with Crippen LogP contribution in [0.25, 0.3) is 0 Å². The summed E-state index contributed by atoms with van der Waals surface area (Å²) < 4.78 is 0. The lowest BCUT2D eigenvalue weighted by atomic mass is 10.1. The summed E-state index contributed by atoms with van der Waals surface area (Å²) in [5, 5.41) is 10.9. The molecule has 0 saturated carbocycles. The molecule has 1 N–H and O–H groups in total. The molecule has 2 amide bonds. The van der Waals surface area contributed by atoms with Crippen molar-refractivity contribution in [2.24, 2.45) is 0 Å². The van der Waals surface area contributed by atoms with E-state index >= 15 is 0 Å². The molecule has 1 aromatic rings. The number of carboxylic acid groups (broad SMARTS) is 1. The van der Waals surface area contributed by atoms with Gasteiger partial charge in [-0.05, 0) is 30.4 Å². The lowest BCUT2D eigenvalue weighted by Crippen LogP contribution is -2.32. The molecule has 1 aliphatic heterocycles. The normalized spacial score (nSPS) is 21.0. The second-order valence-electron chi connectivity index (χ2n) is 3.57. The number of rotatable bonds is 1. The highest BCUT2D eigenvalue weighted by atomic mass is 32.1. The molecule has 0 aromatic carbocycles. The lowest BCUT2D eigenvalue weighted by Gasteiger charge is -2.19. The summed E-state index contributed by atoms with van der Waals surface area (Å²) in [4.78, 5) is 24.3. The van der Waals surface area contributed by atoms with Gasteiger partial charge in [-0.2, -0.15) is 0 Å². The van der Waals surface area contributed by atoms with E-state index in [0.29, 0.717) is 12.8 Å². The van der Waals surface area contributed by atoms with E-state index in [9.17, 15) is 9.59 Å². The number of amides is 2. The van der Waals surface area contributed by atoms with Crippen LogP contribution in [-0.4, -0.2) is 22.0 Å². The molecule has 0 spiro atoms. The third-order valence-corrected chi connectivity index (χ3v) is 3.74. The predicted molar refractivity (Wildman–Crippen MR) is 55.9 cm³/mol. The molecule has 0 bridgehead atoms. The van der Waals surface area contributed by atoms with Crippen molar-refractivity contribution in [2.75, 3.05) is 0 Å². The molecule has 5 heteroatoms. The Hall–Kier alpha value is -1.36. The molecule has 2 heterocycles. The molecule has 1 aromatic heterocycles. The molecule has 80 valence electrons. The van der Waals surface area contributed by atoms with Gasteiger partial charge in [0.1, 0.15) is 0 Å². The van der Waals surface area contributed by atoms with Crippen molar-refractivity contribution in [3.8, 4) is 0 Å². The van der Waals surface area contributed by atoms with Crippen LogP contribution >= 0.6 is 11.3 Å². The van der Waals surface area contributed by atoms with E-state index in [4.69, 9.17) is 5.11 Å². The van der Waals surface area contributed by atoms with Gasteiger partial charge in [0.25, 0.3) is 0 Å². The maximum Gasteiger partial charge on any atom is 0.414 e. The van der Waals surface area contributed by atoms with Crippen molar-refractivity contribution in [2.45, 2.75) is 25.8 Å². The Kier molecular flexibility index (Phi) is 2.48. The minimum Gasteiger partial charge on any atom is -0.465 e. The molecule has 1 saturated heterocycles. The van der Waals surface area contributed by atoms with E-state index in [0.717, 1.165) is 15.3 Å². The first kappa shape index (κ1) is 10.2. The quantitative estimate of drug-likeness (QED) is 0.798. The molecular formula is C10H11NO3S. The van der Waals surface area contributed by atoms with Gasteiger partial charge in [-0.3, -0.25) is 4.79 Å². The largest absolute Gasteiger partial charge is 0.465 e. The number of thiophene rings is 1. The monoisotopic (exact) mass is 225 g/mol. The van der Waals surface area contributed by atoms with Crippen molar-refractivity contribution in [3.63, 3.8) is 0 Å². The standard InChI is InChI=1S/C10H11NO3S/c1-6-4-5-15-9(6)7-2-3-8(12)11(7)10(13)14/h4-5,7H,2-3H2,1H3,(H,13,14). The molecule has 4 nitrogen and oxygen atoms in total. The zero-order chi connectivity index (χ0) is 11.0. The Morgan fingerprint density at radius 3 is 2.93 bits per heavy atom. The molecule has 15 heavy (non-hydrogen) atoms. The fourth-order valence-corrected chi connectivity index (χ4v) is 2.95. The third-order valence-electron chi connectivity index (χ3n) is 2.62. The molecule has 0 radical (unpaired) electrons. The van der Waals surface area contributed by atoms with E-state index in [2.05, 4.69) is 0 Å². The molecular weight excluding hydrogens is 214 g/mol. The van der Waals surface area contributed by atoms with Crippen molar-refractivity contribution < 1.29 is 14.7 Å². The number of carbonyl (C=O) groups excluding carboxylic acids is 1. The van der Waals surface area contributed by atoms with E-state index in [-0.39, 0.29) is 11.9 Å². The van der Waals surface area contributed by atoms with Gasteiger partial charge in [0, 0.05) is 11.3 Å². The van der Waals surface area contributed by atoms with E-state index in [1.165, 1.54) is 11.3 Å². The van der Waals surface area contributed by atoms with Gasteiger partial charge in [0.05, 0.1) is 6.04 Å². The summed E-state index contributed by atoms with van der Waals surface area (Å²) in [6, 6.07) is 1.68. The second-order valence-corrected chi connectivity index (χ2v) is 4.52. The lowest BCUT2D eigenvalue weighted by molar-refractivity contribution is -0.126. The number of hydrogen-bond acceptors (Lipinski definition) is 3. The van der Waals surface area contributed by atoms with Gasteiger partial charge < -0.3 is 5.11 Å². The molecule has 0 aliphatic carbocycles. The number of carbonyl (C=O) groups is 2. The highest BCUT2D eigenvalue weighted by molar-refractivity contribution is 7.10. The molecule has 2 rings (SSSR count). The number of likely N-dealkylation sites (tertiary alicyclic amines) is 1. The zero-order valence-corrected chi connectivity index (χ0v) is 9.08. The minimum absolute atomic E-state index is 0.269. The number of imide groups is 1. The van der Waals surface area contributed by atoms with Gasteiger partial charge in [0.15, 0.2) is 0 Å². The summed E-state index contributed by atoms with van der Waals surface area (Å²) in [5.41, 5.74) is 1.06. The van der Waals surface area contributed by atoms with Gasteiger partial charge in [0.2, 0.25) is 5.91 Å². The SMILES string of the molecule is Cc1ccsc1C1CCC(=O)N1C(=O)O. The van der Waals surface area contributed by atoms with Crippen LogP contribution in [0, 0.1) is 6.92 Å². The average molecular weight is 225 g/mol. The summed E-state index contributed by atoms with van der Waals surface area (Å²) in [6.07, 6.45) is -0.212. The predicted octanol–water partition coefficient (Wildman–Crippen LogP) is 2.40. The number of aryl methyl sites for hydroxylation is 1. The zero-order valence-electron chi connectivity index (χ0n) is 8.27. The van der Waals surface area contributed by atoms with Crippen LogP contribution in [0.4, 0.5) is 4.79 Å². The van der Waals surface area contributed by atoms with Crippen molar-refractivity contribution in [1.82, 2.24) is 4.90 Å². The minimum atomic E-state index is -1.14. The van der Waals surface area contributed by atoms with Crippen LogP contribution in [0.3, 0.4) is 0 Å². The maximum absolute atomic E-state index is 11.4. The average Bonchev–Trinajstić information content (AvgIpc) is 2.71. The first-order valence-electron chi connectivity index (χ1n) is 4.70. The Labute approximate surface area is 91.1 Å². The summed E-state index contributed by atoms with van der Waals surface area (Å²) in [5.74, 6) is -0.291. The smallest absolute Gasteiger partial charge is 0.414 e. The number of nitrogens with zero attached hydrogens (tertiary/aromatic N) is 1. The fourth-order valence-electron chi connectivity index (χ4n) is 1.90. The van der Waals surface area contributed by atoms with Crippen molar-refractivity contribution >= 4 is 23.3 Å². The van der Waals surface area contributed by atoms with Gasteiger partial charge >= 0.3 is 6.09 Å². The Bertz CT molecular complexity index is 413. The first-order chi connectivity index (χ1) is 7.11. The van der Waals surface area contributed by atoms with Crippen LogP contribution in [-0.2, 0) is 4.79 Å². The van der Waals surface area contributed by atoms with Gasteiger partial charge in [-0.1, -0.05) is 0 Å². The van der Waals surface area contributed by atoms with Crippen LogP contribution in [0.1, 0.15) is 29.3 Å². The number of hydrogen-bond donors (Lipinski definition) is 1. The molecule has 1 unspecified atom stereocenters. The Morgan fingerprint density at radius 1 is 1.67 bits per heavy atom. The Morgan fingerprint density at radius 2 is 2.40 bits per heavy atom. The van der Waals surface area contributed by atoms with E-state index in [1.807, 2.05) is 18.4 Å². The van der Waals surface area contributed by atoms with Crippen LogP contribution in [0.5, 0.6) is 0 Å². The highest BCUT2D eigenvalue weighted by Gasteiger charge is 2.37. The van der Waals surface area contributed by atoms with E-state index in [1.54, 1.807) is 0 Å². The first-order valence-corrected chi connectivity index (χ1v) is 5.58. The van der Waals surface area contributed by atoms with Crippen LogP contribution < -0.4 is 0 Å². The molecule has 1 fully saturated rings. The van der Waals surface area contributed by atoms with E-state index < -0.39 is 6.09 Å². The summed E-state index contributed by atoms with van der Waals surface area (Å²) in [7, 11) is 0. The van der Waals surface area contributed by atoms with Gasteiger partial charge in [-0.25, -0.2) is 9.69 Å². The summed E-state index contributed by atoms with van der Waals surface area (Å²) in [6.45, 7) is 1.94. The Balaban J connectivity index is 2.34. The highest BCUT2D eigenvalue weighted by Crippen LogP contribution is 2.37. The topological polar surface area (TPSA) is 57.6 Å². The van der Waals surface area contributed by atoms with Crippen molar-refractivity contribution in [3.05, 3.63) is 21.9 Å². The van der Waals surface area contributed by atoms with Crippen molar-refractivity contribution in [1.29, 1.82) is 0 Å². The third kappa shape index (κ3) is 1.63. The fraction of sp³-hybridized carbons (Fsp3) is 0.400. The maximum atomic E-state index is 11.4. The second kappa shape index (κ2) is 3.66. The van der Waals surface area contributed by atoms with Crippen LogP contribution in [0.2, 0.25) is 0 Å². The molecule has 1 aliphatic rings.